The number of rotatable bonds is 6. The van der Waals surface area contributed by atoms with Gasteiger partial charge in [-0.3, -0.25) is 10.1 Å². The Morgan fingerprint density at radius 2 is 2.03 bits per heavy atom. The Kier molecular flexibility index (Phi) is 7.23. The van der Waals surface area contributed by atoms with Crippen LogP contribution in [0.5, 0.6) is 0 Å². The molecule has 1 amide bonds. The number of hydrogen-bond acceptors (Lipinski definition) is 5. The molecule has 0 aliphatic carbocycles. The van der Waals surface area contributed by atoms with Gasteiger partial charge in [0, 0.05) is 25.8 Å². The molecule has 0 saturated carbocycles. The molecule has 7 nitrogen and oxygen atoms in total. The number of carbonyl (C=O) groups excluding carboxylic acids is 1. The summed E-state index contributed by atoms with van der Waals surface area (Å²) in [5, 5.41) is 10.6. The lowest BCUT2D eigenvalue weighted by molar-refractivity contribution is -0.116. The molecule has 4 rings (SSSR count). The second-order valence-corrected chi connectivity index (χ2v) is 7.24. The van der Waals surface area contributed by atoms with Crippen molar-refractivity contribution in [2.45, 2.75) is 31.6 Å². The van der Waals surface area contributed by atoms with Gasteiger partial charge in [-0.15, -0.1) is 12.4 Å². The van der Waals surface area contributed by atoms with Crippen molar-refractivity contribution >= 4 is 24.3 Å². The van der Waals surface area contributed by atoms with E-state index in [2.05, 4.69) is 20.7 Å². The van der Waals surface area contributed by atoms with E-state index in [4.69, 9.17) is 4.42 Å². The van der Waals surface area contributed by atoms with E-state index in [0.29, 0.717) is 35.4 Å². The molecule has 160 valence electrons. The Balaban J connectivity index is 0.00000256. The number of halogens is 2. The van der Waals surface area contributed by atoms with Gasteiger partial charge in [-0.2, -0.15) is 10.1 Å². The molecule has 0 bridgehead atoms. The number of furan rings is 1. The van der Waals surface area contributed by atoms with Gasteiger partial charge in [-0.25, -0.2) is 9.07 Å². The lowest BCUT2D eigenvalue weighted by Gasteiger charge is -2.19. The van der Waals surface area contributed by atoms with Crippen molar-refractivity contribution in [1.29, 1.82) is 0 Å². The van der Waals surface area contributed by atoms with E-state index in [1.807, 2.05) is 0 Å². The molecular formula is C21H25ClFN5O2. The zero-order valence-corrected chi connectivity index (χ0v) is 17.5. The average molecular weight is 434 g/mol. The van der Waals surface area contributed by atoms with Crippen LogP contribution in [0.4, 0.5) is 10.3 Å². The maximum absolute atomic E-state index is 13.9. The molecule has 3 heterocycles. The van der Waals surface area contributed by atoms with Crippen molar-refractivity contribution in [3.63, 3.8) is 0 Å². The zero-order chi connectivity index (χ0) is 20.2. The minimum Gasteiger partial charge on any atom is -0.461 e. The predicted molar refractivity (Wildman–Crippen MR) is 114 cm³/mol. The molecule has 0 radical (unpaired) electrons. The Labute approximate surface area is 180 Å². The Morgan fingerprint density at radius 3 is 2.80 bits per heavy atom. The van der Waals surface area contributed by atoms with Crippen molar-refractivity contribution < 1.29 is 13.6 Å². The minimum atomic E-state index is -0.335. The lowest BCUT2D eigenvalue weighted by Crippen LogP contribution is -2.27. The molecule has 1 aliphatic heterocycles. The lowest BCUT2D eigenvalue weighted by atomic mass is 9.98. The molecule has 0 atom stereocenters. The fourth-order valence-electron chi connectivity index (χ4n) is 3.51. The van der Waals surface area contributed by atoms with E-state index in [0.717, 1.165) is 31.8 Å². The molecule has 30 heavy (non-hydrogen) atoms. The number of aryl methyl sites for hydroxylation is 2. The molecule has 1 aromatic carbocycles. The molecule has 1 saturated heterocycles. The van der Waals surface area contributed by atoms with Gasteiger partial charge in [0.2, 0.25) is 11.9 Å². The minimum absolute atomic E-state index is 0. The van der Waals surface area contributed by atoms with Crippen LogP contribution in [-0.2, 0) is 18.3 Å². The van der Waals surface area contributed by atoms with Crippen LogP contribution in [-0.4, -0.2) is 33.8 Å². The fraction of sp³-hybridized carbons (Fsp3) is 0.381. The summed E-state index contributed by atoms with van der Waals surface area (Å²) in [5.74, 6) is 2.15. The number of aromatic nitrogens is 3. The second kappa shape index (κ2) is 9.86. The molecule has 1 aliphatic rings. The summed E-state index contributed by atoms with van der Waals surface area (Å²) in [6.07, 6.45) is 2.65. The van der Waals surface area contributed by atoms with E-state index in [9.17, 15) is 9.18 Å². The highest BCUT2D eigenvalue weighted by Gasteiger charge is 2.21. The van der Waals surface area contributed by atoms with Crippen molar-refractivity contribution in [2.24, 2.45) is 7.05 Å². The molecule has 0 unspecified atom stereocenters. The summed E-state index contributed by atoms with van der Waals surface area (Å²) >= 11 is 0. The first-order chi connectivity index (χ1) is 14.1. The van der Waals surface area contributed by atoms with Gasteiger partial charge in [0.1, 0.15) is 17.3 Å². The summed E-state index contributed by atoms with van der Waals surface area (Å²) in [7, 11) is 1.78. The van der Waals surface area contributed by atoms with Crippen LogP contribution in [0.1, 0.15) is 36.8 Å². The van der Waals surface area contributed by atoms with Gasteiger partial charge < -0.3 is 9.73 Å². The number of piperidine rings is 1. The van der Waals surface area contributed by atoms with Crippen LogP contribution in [0.15, 0.2) is 40.8 Å². The number of carbonyl (C=O) groups is 1. The summed E-state index contributed by atoms with van der Waals surface area (Å²) in [6.45, 7) is 1.92. The van der Waals surface area contributed by atoms with Crippen LogP contribution in [0.3, 0.4) is 0 Å². The summed E-state index contributed by atoms with van der Waals surface area (Å²) in [6, 6.07) is 9.94. The van der Waals surface area contributed by atoms with Crippen LogP contribution in [0, 0.1) is 5.82 Å². The zero-order valence-electron chi connectivity index (χ0n) is 16.7. The molecule has 3 aromatic rings. The average Bonchev–Trinajstić information content (AvgIpc) is 3.35. The predicted octanol–water partition coefficient (Wildman–Crippen LogP) is 3.67. The number of hydrogen-bond donors (Lipinski definition) is 2. The third-order valence-corrected chi connectivity index (χ3v) is 5.13. The quantitative estimate of drug-likeness (QED) is 0.619. The van der Waals surface area contributed by atoms with Crippen molar-refractivity contribution in [3.8, 4) is 11.3 Å². The molecular weight excluding hydrogens is 409 g/mol. The smallest absolute Gasteiger partial charge is 0.227 e. The van der Waals surface area contributed by atoms with Crippen LogP contribution < -0.4 is 10.6 Å². The van der Waals surface area contributed by atoms with Gasteiger partial charge >= 0.3 is 0 Å². The summed E-state index contributed by atoms with van der Waals surface area (Å²) < 4.78 is 21.2. The monoisotopic (exact) mass is 433 g/mol. The van der Waals surface area contributed by atoms with Crippen molar-refractivity contribution in [1.82, 2.24) is 20.1 Å². The Bertz CT molecular complexity index is 997. The molecule has 0 spiro atoms. The Morgan fingerprint density at radius 1 is 1.27 bits per heavy atom. The number of amides is 1. The van der Waals surface area contributed by atoms with Crippen molar-refractivity contribution in [3.05, 3.63) is 53.8 Å². The number of nitrogens with one attached hydrogen (secondary N) is 2. The van der Waals surface area contributed by atoms with E-state index in [-0.39, 0.29) is 30.6 Å². The maximum atomic E-state index is 13.9. The molecule has 1 fully saturated rings. The van der Waals surface area contributed by atoms with E-state index in [1.54, 1.807) is 42.1 Å². The highest BCUT2D eigenvalue weighted by Crippen LogP contribution is 2.26. The highest BCUT2D eigenvalue weighted by molar-refractivity contribution is 5.89. The van der Waals surface area contributed by atoms with E-state index >= 15 is 0 Å². The fourth-order valence-corrected chi connectivity index (χ4v) is 3.51. The molecule has 9 heteroatoms. The largest absolute Gasteiger partial charge is 0.461 e. The molecule has 2 N–H and O–H groups in total. The SMILES string of the molecule is Cl.Cn1nc(C2CCNCC2)nc1NC(=O)CCc1ccc(-c2ccccc2F)o1. The third kappa shape index (κ3) is 5.06. The second-order valence-electron chi connectivity index (χ2n) is 7.24. The normalized spacial score (nSPS) is 14.3. The highest BCUT2D eigenvalue weighted by atomic mass is 35.5. The standard InChI is InChI=1S/C21H24FN5O2.ClH/c1-27-21(25-20(26-27)14-10-12-23-13-11-14)24-19(28)9-7-15-6-8-18(29-15)16-4-2-3-5-17(16)22;/h2-6,8,14,23H,7,9-13H2,1H3,(H,24,25,26,28);1H. The summed E-state index contributed by atoms with van der Waals surface area (Å²) in [4.78, 5) is 16.9. The van der Waals surface area contributed by atoms with E-state index < -0.39 is 0 Å². The Hall–Kier alpha value is -2.71. The first kappa shape index (κ1) is 22.0. The third-order valence-electron chi connectivity index (χ3n) is 5.13. The number of anilines is 1. The van der Waals surface area contributed by atoms with Gasteiger partial charge in [0.15, 0.2) is 5.82 Å². The topological polar surface area (TPSA) is 85.0 Å². The van der Waals surface area contributed by atoms with Gasteiger partial charge in [0.05, 0.1) is 5.56 Å². The van der Waals surface area contributed by atoms with Crippen LogP contribution in [0.2, 0.25) is 0 Å². The van der Waals surface area contributed by atoms with E-state index in [1.165, 1.54) is 6.07 Å². The van der Waals surface area contributed by atoms with Crippen LogP contribution >= 0.6 is 12.4 Å². The van der Waals surface area contributed by atoms with Crippen molar-refractivity contribution in [2.75, 3.05) is 18.4 Å². The molecule has 2 aromatic heterocycles. The van der Waals surface area contributed by atoms with Gasteiger partial charge in [-0.1, -0.05) is 12.1 Å². The van der Waals surface area contributed by atoms with Gasteiger partial charge in [-0.05, 0) is 50.2 Å². The first-order valence-corrected chi connectivity index (χ1v) is 9.85. The van der Waals surface area contributed by atoms with Gasteiger partial charge in [0.25, 0.3) is 0 Å². The summed E-state index contributed by atoms with van der Waals surface area (Å²) in [5.41, 5.74) is 0.410. The first-order valence-electron chi connectivity index (χ1n) is 9.85. The maximum Gasteiger partial charge on any atom is 0.227 e. The number of nitrogens with zero attached hydrogens (tertiary/aromatic N) is 3. The number of benzene rings is 1. The van der Waals surface area contributed by atoms with Crippen LogP contribution in [0.25, 0.3) is 11.3 Å².